The molecule has 1 aliphatic rings. The van der Waals surface area contributed by atoms with Crippen molar-refractivity contribution in [1.82, 2.24) is 5.32 Å². The van der Waals surface area contributed by atoms with Gasteiger partial charge >= 0.3 is 0 Å². The minimum Gasteiger partial charge on any atom is -0.316 e. The Morgan fingerprint density at radius 3 is 2.29 bits per heavy atom. The van der Waals surface area contributed by atoms with E-state index < -0.39 is 11.6 Å². The van der Waals surface area contributed by atoms with Gasteiger partial charge in [0, 0.05) is 17.5 Å². The number of nitrogens with one attached hydrogen (secondary N) is 1. The summed E-state index contributed by atoms with van der Waals surface area (Å²) in [5.74, 6) is -0.836. The van der Waals surface area contributed by atoms with Crippen molar-refractivity contribution < 1.29 is 8.78 Å². The Hall–Kier alpha value is -0.670. The number of rotatable bonds is 2. The van der Waals surface area contributed by atoms with Gasteiger partial charge in [-0.05, 0) is 25.6 Å². The van der Waals surface area contributed by atoms with E-state index in [1.807, 2.05) is 7.05 Å². The van der Waals surface area contributed by atoms with Crippen LogP contribution in [0.5, 0.6) is 0 Å². The van der Waals surface area contributed by atoms with Crippen LogP contribution in [-0.2, 0) is 0 Å². The normalized spacial score (nSPS) is 24.2. The molecule has 1 nitrogen and oxygen atoms in total. The quantitative estimate of drug-likeness (QED) is 0.806. The monoisotopic (exact) mass is 219 g/mol. The highest BCUT2D eigenvalue weighted by atomic mass is 35.5. The molecule has 1 aromatic rings. The SMILES string of the molecule is CN[C@@H]1C[C@H]1c1c(F)cccc1F.Cl. The van der Waals surface area contributed by atoms with Gasteiger partial charge in [-0.25, -0.2) is 8.78 Å². The number of hydrogen-bond acceptors (Lipinski definition) is 1. The van der Waals surface area contributed by atoms with Gasteiger partial charge in [0.05, 0.1) is 0 Å². The Bertz CT molecular complexity index is 310. The van der Waals surface area contributed by atoms with Gasteiger partial charge in [0.1, 0.15) is 11.6 Å². The minimum atomic E-state index is -0.428. The predicted molar refractivity (Wildman–Crippen MR) is 53.8 cm³/mol. The average molecular weight is 220 g/mol. The molecule has 1 aromatic carbocycles. The largest absolute Gasteiger partial charge is 0.316 e. The first-order valence-corrected chi connectivity index (χ1v) is 4.35. The molecule has 1 saturated carbocycles. The van der Waals surface area contributed by atoms with Gasteiger partial charge in [-0.15, -0.1) is 12.4 Å². The second-order valence-corrected chi connectivity index (χ2v) is 3.37. The molecule has 1 N–H and O–H groups in total. The average Bonchev–Trinajstić information content (AvgIpc) is 2.83. The van der Waals surface area contributed by atoms with Crippen molar-refractivity contribution in [2.24, 2.45) is 0 Å². The highest BCUT2D eigenvalue weighted by Crippen LogP contribution is 2.42. The molecule has 0 aliphatic heterocycles. The van der Waals surface area contributed by atoms with E-state index in [1.165, 1.54) is 18.2 Å². The maximum absolute atomic E-state index is 13.2. The van der Waals surface area contributed by atoms with E-state index in [0.29, 0.717) is 0 Å². The molecular weight excluding hydrogens is 208 g/mol. The van der Waals surface area contributed by atoms with Gasteiger partial charge < -0.3 is 5.32 Å². The summed E-state index contributed by atoms with van der Waals surface area (Å²) >= 11 is 0. The lowest BCUT2D eigenvalue weighted by Crippen LogP contribution is -2.11. The lowest BCUT2D eigenvalue weighted by atomic mass is 10.1. The van der Waals surface area contributed by atoms with Crippen LogP contribution in [-0.4, -0.2) is 13.1 Å². The molecule has 2 atom stereocenters. The number of halogens is 3. The van der Waals surface area contributed by atoms with Crippen LogP contribution in [0.15, 0.2) is 18.2 Å². The van der Waals surface area contributed by atoms with Gasteiger partial charge in [0.25, 0.3) is 0 Å². The van der Waals surface area contributed by atoms with E-state index in [-0.39, 0.29) is 29.9 Å². The summed E-state index contributed by atoms with van der Waals surface area (Å²) in [5, 5.41) is 3.01. The summed E-state index contributed by atoms with van der Waals surface area (Å²) in [6.07, 6.45) is 0.828. The van der Waals surface area contributed by atoms with Crippen molar-refractivity contribution in [2.75, 3.05) is 7.05 Å². The molecule has 4 heteroatoms. The Kier molecular flexibility index (Phi) is 3.45. The zero-order valence-electron chi connectivity index (χ0n) is 7.76. The Morgan fingerprint density at radius 1 is 1.29 bits per heavy atom. The van der Waals surface area contributed by atoms with Crippen molar-refractivity contribution in [3.8, 4) is 0 Å². The number of benzene rings is 1. The van der Waals surface area contributed by atoms with E-state index in [2.05, 4.69) is 5.32 Å². The van der Waals surface area contributed by atoms with Gasteiger partial charge in [-0.1, -0.05) is 6.07 Å². The van der Waals surface area contributed by atoms with Crippen LogP contribution >= 0.6 is 12.4 Å². The minimum absolute atomic E-state index is 0. The summed E-state index contributed by atoms with van der Waals surface area (Å²) in [7, 11) is 1.81. The summed E-state index contributed by atoms with van der Waals surface area (Å²) < 4.78 is 26.4. The van der Waals surface area contributed by atoms with Crippen molar-refractivity contribution in [1.29, 1.82) is 0 Å². The lowest BCUT2D eigenvalue weighted by Gasteiger charge is -2.03. The summed E-state index contributed by atoms with van der Waals surface area (Å²) in [5.41, 5.74) is 0.238. The topological polar surface area (TPSA) is 12.0 Å². The summed E-state index contributed by atoms with van der Waals surface area (Å²) in [6.45, 7) is 0. The van der Waals surface area contributed by atoms with Crippen molar-refractivity contribution in [3.63, 3.8) is 0 Å². The van der Waals surface area contributed by atoms with Crippen LogP contribution in [0.4, 0.5) is 8.78 Å². The van der Waals surface area contributed by atoms with Crippen molar-refractivity contribution in [2.45, 2.75) is 18.4 Å². The number of likely N-dealkylation sites (N-methyl/N-ethyl adjacent to an activating group) is 1. The first-order chi connectivity index (χ1) is 6.24. The Morgan fingerprint density at radius 2 is 1.86 bits per heavy atom. The fraction of sp³-hybridized carbons (Fsp3) is 0.400. The third-order valence-corrected chi connectivity index (χ3v) is 2.53. The van der Waals surface area contributed by atoms with E-state index in [0.717, 1.165) is 6.42 Å². The molecule has 0 aromatic heterocycles. The molecule has 14 heavy (non-hydrogen) atoms. The van der Waals surface area contributed by atoms with Crippen LogP contribution in [0.1, 0.15) is 17.9 Å². The maximum atomic E-state index is 13.2. The van der Waals surface area contributed by atoms with Gasteiger partial charge in [-0.3, -0.25) is 0 Å². The second-order valence-electron chi connectivity index (χ2n) is 3.37. The van der Waals surface area contributed by atoms with Crippen LogP contribution in [0.2, 0.25) is 0 Å². The first kappa shape index (κ1) is 11.4. The highest BCUT2D eigenvalue weighted by molar-refractivity contribution is 5.85. The van der Waals surface area contributed by atoms with Gasteiger partial charge in [0.2, 0.25) is 0 Å². The van der Waals surface area contributed by atoms with Crippen LogP contribution in [0, 0.1) is 11.6 Å². The third-order valence-electron chi connectivity index (χ3n) is 2.53. The van der Waals surface area contributed by atoms with Crippen molar-refractivity contribution >= 4 is 12.4 Å². The molecule has 0 heterocycles. The fourth-order valence-corrected chi connectivity index (χ4v) is 1.70. The second kappa shape index (κ2) is 4.24. The van der Waals surface area contributed by atoms with Gasteiger partial charge in [0.15, 0.2) is 0 Å². The van der Waals surface area contributed by atoms with E-state index >= 15 is 0 Å². The van der Waals surface area contributed by atoms with Crippen LogP contribution in [0.3, 0.4) is 0 Å². The van der Waals surface area contributed by atoms with Gasteiger partial charge in [-0.2, -0.15) is 0 Å². The molecule has 0 saturated heterocycles. The number of hydrogen-bond donors (Lipinski definition) is 1. The lowest BCUT2D eigenvalue weighted by molar-refractivity contribution is 0.552. The Labute approximate surface area is 87.9 Å². The molecule has 0 bridgehead atoms. The molecule has 1 aliphatic carbocycles. The molecule has 0 amide bonds. The fourth-order valence-electron chi connectivity index (χ4n) is 1.70. The van der Waals surface area contributed by atoms with Crippen LogP contribution in [0.25, 0.3) is 0 Å². The molecule has 0 radical (unpaired) electrons. The Balaban J connectivity index is 0.000000980. The highest BCUT2D eigenvalue weighted by Gasteiger charge is 2.40. The molecule has 0 unspecified atom stereocenters. The third kappa shape index (κ3) is 1.88. The first-order valence-electron chi connectivity index (χ1n) is 4.35. The molecule has 0 spiro atoms. The zero-order valence-corrected chi connectivity index (χ0v) is 8.57. The standard InChI is InChI=1S/C10H11F2N.ClH/c1-13-9-5-6(9)10-7(11)3-2-4-8(10)12;/h2-4,6,9,13H,5H2,1H3;1H/t6-,9-;/m1./s1. The molecule has 1 fully saturated rings. The predicted octanol–water partition coefficient (Wildman–Crippen LogP) is 2.46. The molecular formula is C10H12ClF2N. The molecule has 2 rings (SSSR count). The van der Waals surface area contributed by atoms with Crippen molar-refractivity contribution in [3.05, 3.63) is 35.4 Å². The van der Waals surface area contributed by atoms with E-state index in [1.54, 1.807) is 0 Å². The summed E-state index contributed by atoms with van der Waals surface area (Å²) in [4.78, 5) is 0. The van der Waals surface area contributed by atoms with E-state index in [4.69, 9.17) is 0 Å². The smallest absolute Gasteiger partial charge is 0.129 e. The van der Waals surface area contributed by atoms with E-state index in [9.17, 15) is 8.78 Å². The summed E-state index contributed by atoms with van der Waals surface area (Å²) in [6, 6.07) is 4.25. The zero-order chi connectivity index (χ0) is 9.42. The molecule has 78 valence electrons. The maximum Gasteiger partial charge on any atom is 0.129 e. The van der Waals surface area contributed by atoms with Crippen LogP contribution < -0.4 is 5.32 Å².